The zero-order valence-corrected chi connectivity index (χ0v) is 4.39. The Labute approximate surface area is 43.7 Å². The summed E-state index contributed by atoms with van der Waals surface area (Å²) in [6.07, 6.45) is 7.29. The second kappa shape index (κ2) is 5.24. The SMILES string of the molecule is C/C=C/C=C\NN. The molecule has 0 aliphatic rings. The van der Waals surface area contributed by atoms with Crippen molar-refractivity contribution in [1.82, 2.24) is 5.43 Å². The maximum atomic E-state index is 4.90. The molecule has 0 fully saturated rings. The van der Waals surface area contributed by atoms with Gasteiger partial charge in [-0.3, -0.25) is 5.84 Å². The first-order chi connectivity index (χ1) is 3.41. The van der Waals surface area contributed by atoms with Gasteiger partial charge in [-0.1, -0.05) is 12.2 Å². The Morgan fingerprint density at radius 1 is 1.43 bits per heavy atom. The van der Waals surface area contributed by atoms with Gasteiger partial charge >= 0.3 is 0 Å². The van der Waals surface area contributed by atoms with E-state index in [9.17, 15) is 0 Å². The first-order valence-corrected chi connectivity index (χ1v) is 2.15. The lowest BCUT2D eigenvalue weighted by Gasteiger charge is -1.78. The third-order valence-electron chi connectivity index (χ3n) is 0.496. The Morgan fingerprint density at radius 2 is 2.14 bits per heavy atom. The first kappa shape index (κ1) is 6.24. The summed E-state index contributed by atoms with van der Waals surface area (Å²) >= 11 is 0. The van der Waals surface area contributed by atoms with Crippen LogP contribution in [0.1, 0.15) is 6.92 Å². The summed E-state index contributed by atoms with van der Waals surface area (Å²) < 4.78 is 0. The fourth-order valence-corrected chi connectivity index (χ4v) is 0.222. The maximum absolute atomic E-state index is 4.90. The van der Waals surface area contributed by atoms with Crippen LogP contribution in [0.3, 0.4) is 0 Å². The van der Waals surface area contributed by atoms with Crippen LogP contribution in [0.25, 0.3) is 0 Å². The van der Waals surface area contributed by atoms with Crippen molar-refractivity contribution < 1.29 is 0 Å². The lowest BCUT2D eigenvalue weighted by atomic mass is 10.5. The third-order valence-corrected chi connectivity index (χ3v) is 0.496. The number of nitrogens with two attached hydrogens (primary N) is 1. The van der Waals surface area contributed by atoms with Gasteiger partial charge in [0.25, 0.3) is 0 Å². The normalized spacial score (nSPS) is 11.1. The van der Waals surface area contributed by atoms with Crippen LogP contribution in [-0.4, -0.2) is 0 Å². The van der Waals surface area contributed by atoms with Crippen molar-refractivity contribution in [3.8, 4) is 0 Å². The summed E-state index contributed by atoms with van der Waals surface area (Å²) in [4.78, 5) is 0. The molecule has 0 unspecified atom stereocenters. The van der Waals surface area contributed by atoms with E-state index in [1.165, 1.54) is 0 Å². The predicted molar refractivity (Wildman–Crippen MR) is 31.3 cm³/mol. The van der Waals surface area contributed by atoms with Gasteiger partial charge < -0.3 is 5.43 Å². The zero-order chi connectivity index (χ0) is 5.54. The monoisotopic (exact) mass is 98.1 g/mol. The fraction of sp³-hybridized carbons (Fsp3) is 0.200. The van der Waals surface area contributed by atoms with Gasteiger partial charge in [-0.2, -0.15) is 0 Å². The summed E-state index contributed by atoms with van der Waals surface area (Å²) in [5, 5.41) is 0. The smallest absolute Gasteiger partial charge is 0.0122 e. The van der Waals surface area contributed by atoms with Gasteiger partial charge in [0.05, 0.1) is 0 Å². The van der Waals surface area contributed by atoms with E-state index >= 15 is 0 Å². The molecule has 0 aromatic heterocycles. The summed E-state index contributed by atoms with van der Waals surface area (Å²) in [5.41, 5.74) is 2.37. The first-order valence-electron chi connectivity index (χ1n) is 2.15. The number of hydrazine groups is 1. The van der Waals surface area contributed by atoms with E-state index in [0.717, 1.165) is 0 Å². The minimum atomic E-state index is 1.65. The standard InChI is InChI=1S/C5H10N2/c1-2-3-4-5-7-6/h2-5,7H,6H2,1H3/b3-2+,5-4-. The Bertz CT molecular complexity index is 74.1. The highest BCUT2D eigenvalue weighted by molar-refractivity contribution is 4.99. The molecule has 0 aromatic carbocycles. The molecule has 3 N–H and O–H groups in total. The minimum absolute atomic E-state index is 1.65. The highest BCUT2D eigenvalue weighted by atomic mass is 15.2. The average molecular weight is 98.1 g/mol. The van der Waals surface area contributed by atoms with Crippen LogP contribution in [0.2, 0.25) is 0 Å². The van der Waals surface area contributed by atoms with E-state index in [-0.39, 0.29) is 0 Å². The maximum Gasteiger partial charge on any atom is 0.0122 e. The van der Waals surface area contributed by atoms with Crippen molar-refractivity contribution in [2.75, 3.05) is 0 Å². The summed E-state index contributed by atoms with van der Waals surface area (Å²) in [6, 6.07) is 0. The van der Waals surface area contributed by atoms with Crippen LogP contribution in [0.15, 0.2) is 24.4 Å². The van der Waals surface area contributed by atoms with Crippen molar-refractivity contribution in [2.45, 2.75) is 6.92 Å². The second-order valence-corrected chi connectivity index (χ2v) is 1.05. The molecule has 0 aliphatic carbocycles. The molecule has 0 amide bonds. The van der Waals surface area contributed by atoms with Gasteiger partial charge in [-0.15, -0.1) is 0 Å². The lowest BCUT2D eigenvalue weighted by Crippen LogP contribution is -2.12. The number of allylic oxidation sites excluding steroid dienone is 3. The van der Waals surface area contributed by atoms with Gasteiger partial charge in [-0.05, 0) is 13.0 Å². The molecule has 0 bridgehead atoms. The van der Waals surface area contributed by atoms with Crippen LogP contribution in [-0.2, 0) is 0 Å². The average Bonchev–Trinajstić information content (AvgIpc) is 1.69. The molecule has 0 heterocycles. The zero-order valence-electron chi connectivity index (χ0n) is 4.39. The molecule has 0 radical (unpaired) electrons. The van der Waals surface area contributed by atoms with E-state index in [1.807, 2.05) is 25.2 Å². The predicted octanol–water partition coefficient (Wildman–Crippen LogP) is 0.540. The van der Waals surface area contributed by atoms with Crippen LogP contribution in [0, 0.1) is 0 Å². The fourth-order valence-electron chi connectivity index (χ4n) is 0.222. The minimum Gasteiger partial charge on any atom is -0.331 e. The Balaban J connectivity index is 3.09. The van der Waals surface area contributed by atoms with Crippen molar-refractivity contribution >= 4 is 0 Å². The van der Waals surface area contributed by atoms with Gasteiger partial charge in [0.2, 0.25) is 0 Å². The summed E-state index contributed by atoms with van der Waals surface area (Å²) in [7, 11) is 0. The molecular formula is C5H10N2. The molecule has 2 heteroatoms. The van der Waals surface area contributed by atoms with E-state index in [4.69, 9.17) is 5.84 Å². The molecule has 0 aromatic rings. The Morgan fingerprint density at radius 3 is 2.57 bits per heavy atom. The van der Waals surface area contributed by atoms with E-state index in [0.29, 0.717) is 0 Å². The van der Waals surface area contributed by atoms with Gasteiger partial charge in [-0.25, -0.2) is 0 Å². The van der Waals surface area contributed by atoms with Gasteiger partial charge in [0.15, 0.2) is 0 Å². The van der Waals surface area contributed by atoms with Crippen molar-refractivity contribution in [1.29, 1.82) is 0 Å². The van der Waals surface area contributed by atoms with Crippen molar-refractivity contribution in [3.63, 3.8) is 0 Å². The number of rotatable bonds is 2. The lowest BCUT2D eigenvalue weighted by molar-refractivity contribution is 0.968. The van der Waals surface area contributed by atoms with Gasteiger partial charge in [0, 0.05) is 6.20 Å². The molecule has 0 saturated heterocycles. The third kappa shape index (κ3) is 5.24. The number of nitrogens with one attached hydrogen (secondary N) is 1. The molecule has 40 valence electrons. The topological polar surface area (TPSA) is 38.0 Å². The molecular weight excluding hydrogens is 88.1 g/mol. The number of hydrogen-bond donors (Lipinski definition) is 2. The van der Waals surface area contributed by atoms with Crippen LogP contribution >= 0.6 is 0 Å². The summed E-state index contributed by atoms with van der Waals surface area (Å²) in [6.45, 7) is 1.95. The van der Waals surface area contributed by atoms with Crippen molar-refractivity contribution in [3.05, 3.63) is 24.4 Å². The Kier molecular flexibility index (Phi) is 4.67. The molecule has 0 saturated carbocycles. The highest BCUT2D eigenvalue weighted by Crippen LogP contribution is 1.69. The Hall–Kier alpha value is -0.760. The van der Waals surface area contributed by atoms with E-state index in [2.05, 4.69) is 5.43 Å². The second-order valence-electron chi connectivity index (χ2n) is 1.05. The number of hydrogen-bond acceptors (Lipinski definition) is 2. The molecule has 0 aliphatic heterocycles. The highest BCUT2D eigenvalue weighted by Gasteiger charge is 1.54. The molecule has 0 spiro atoms. The summed E-state index contributed by atoms with van der Waals surface area (Å²) in [5.74, 6) is 4.90. The largest absolute Gasteiger partial charge is 0.331 e. The van der Waals surface area contributed by atoms with E-state index in [1.54, 1.807) is 6.20 Å². The molecule has 7 heavy (non-hydrogen) atoms. The quantitative estimate of drug-likeness (QED) is 0.300. The van der Waals surface area contributed by atoms with Crippen LogP contribution in [0.5, 0.6) is 0 Å². The van der Waals surface area contributed by atoms with Crippen LogP contribution in [0.4, 0.5) is 0 Å². The molecule has 0 atom stereocenters. The van der Waals surface area contributed by atoms with Crippen LogP contribution < -0.4 is 11.3 Å². The van der Waals surface area contributed by atoms with Crippen molar-refractivity contribution in [2.24, 2.45) is 5.84 Å². The van der Waals surface area contributed by atoms with Gasteiger partial charge in [0.1, 0.15) is 0 Å². The molecule has 0 rings (SSSR count). The molecule has 2 nitrogen and oxygen atoms in total. The van der Waals surface area contributed by atoms with E-state index < -0.39 is 0 Å².